The largest absolute Gasteiger partial charge is 0.490 e. The van der Waals surface area contributed by atoms with Gasteiger partial charge in [-0.05, 0) is 57.9 Å². The number of quaternary nitrogens is 1. The highest BCUT2D eigenvalue weighted by atomic mass is 16.5. The molecule has 31 heavy (non-hydrogen) atoms. The summed E-state index contributed by atoms with van der Waals surface area (Å²) >= 11 is 0. The molecule has 2 amide bonds. The Hall–Kier alpha value is -3.06. The van der Waals surface area contributed by atoms with Gasteiger partial charge in [0.15, 0.2) is 24.6 Å². The highest BCUT2D eigenvalue weighted by Gasteiger charge is 2.17. The predicted octanol–water partition coefficient (Wildman–Crippen LogP) is 2.50. The number of anilines is 2. The van der Waals surface area contributed by atoms with Gasteiger partial charge >= 0.3 is 0 Å². The van der Waals surface area contributed by atoms with Gasteiger partial charge in [0.05, 0.1) is 20.3 Å². The van der Waals surface area contributed by atoms with Crippen LogP contribution in [0.1, 0.15) is 30.5 Å². The monoisotopic (exact) mass is 428 g/mol. The normalized spacial score (nSPS) is 11.5. The second kappa shape index (κ2) is 11.4. The van der Waals surface area contributed by atoms with E-state index in [1.54, 1.807) is 18.2 Å². The summed E-state index contributed by atoms with van der Waals surface area (Å²) in [6, 6.07) is 9.38. The van der Waals surface area contributed by atoms with Gasteiger partial charge in [0.25, 0.3) is 11.8 Å². The Morgan fingerprint density at radius 2 is 1.39 bits per heavy atom. The maximum atomic E-state index is 12.5. The zero-order chi connectivity index (χ0) is 23.0. The van der Waals surface area contributed by atoms with E-state index in [1.807, 2.05) is 53.8 Å². The lowest BCUT2D eigenvalue weighted by molar-refractivity contribution is -0.862. The summed E-state index contributed by atoms with van der Waals surface area (Å²) in [6.07, 6.45) is 0. The molecule has 0 aliphatic carbocycles. The molecule has 0 aromatic heterocycles. The molecule has 0 saturated heterocycles. The molecule has 0 radical (unpaired) electrons. The molecule has 7 nitrogen and oxygen atoms in total. The van der Waals surface area contributed by atoms with Gasteiger partial charge in [-0.15, -0.1) is 0 Å². The average Bonchev–Trinajstić information content (AvgIpc) is 2.66. The molecule has 3 N–H and O–H groups in total. The Balaban J connectivity index is 1.92. The molecule has 0 bridgehead atoms. The van der Waals surface area contributed by atoms with E-state index < -0.39 is 0 Å². The van der Waals surface area contributed by atoms with Crippen LogP contribution in [0.15, 0.2) is 30.3 Å². The highest BCUT2D eigenvalue weighted by Crippen LogP contribution is 2.30. The Labute approximate surface area is 184 Å². The predicted molar refractivity (Wildman–Crippen MR) is 123 cm³/mol. The fourth-order valence-electron chi connectivity index (χ4n) is 3.51. The minimum atomic E-state index is -0.181. The average molecular weight is 429 g/mol. The van der Waals surface area contributed by atoms with Crippen LogP contribution in [0.4, 0.5) is 11.4 Å². The van der Waals surface area contributed by atoms with Crippen LogP contribution in [0.25, 0.3) is 0 Å². The van der Waals surface area contributed by atoms with E-state index in [0.717, 1.165) is 27.3 Å². The molecule has 168 valence electrons. The molecular formula is C24H34N3O4+. The smallest absolute Gasteiger partial charge is 0.279 e. The molecule has 7 heteroatoms. The number of hydrogen-bond acceptors (Lipinski definition) is 4. The number of ether oxygens (including phenoxy) is 2. The SMILES string of the molecule is CCOc1ccc(NC(=O)C[NH+](C)CC(=O)Nc2c(C)cc(C)cc2C)cc1OCC. The van der Waals surface area contributed by atoms with Crippen molar-refractivity contribution in [1.29, 1.82) is 0 Å². The molecule has 0 saturated carbocycles. The molecule has 0 fully saturated rings. The van der Waals surface area contributed by atoms with Crippen molar-refractivity contribution in [1.82, 2.24) is 0 Å². The standard InChI is InChI=1S/C24H33N3O4/c1-7-30-20-10-9-19(13-21(20)31-8-2)25-22(28)14-27(6)15-23(29)26-24-17(4)11-16(3)12-18(24)5/h9-13H,7-8,14-15H2,1-6H3,(H,25,28)(H,26,29)/p+1. The third kappa shape index (κ3) is 7.29. The molecule has 0 aliphatic heterocycles. The van der Waals surface area contributed by atoms with Crippen molar-refractivity contribution < 1.29 is 24.0 Å². The Kier molecular flexibility index (Phi) is 8.88. The van der Waals surface area contributed by atoms with Gasteiger partial charge in [-0.3, -0.25) is 9.59 Å². The van der Waals surface area contributed by atoms with Crippen LogP contribution in [0.5, 0.6) is 11.5 Å². The van der Waals surface area contributed by atoms with E-state index in [0.29, 0.717) is 30.4 Å². The molecule has 1 unspecified atom stereocenters. The van der Waals surface area contributed by atoms with Crippen molar-refractivity contribution in [2.24, 2.45) is 0 Å². The van der Waals surface area contributed by atoms with Crippen LogP contribution in [-0.4, -0.2) is 45.2 Å². The van der Waals surface area contributed by atoms with Crippen molar-refractivity contribution in [2.75, 3.05) is 44.0 Å². The van der Waals surface area contributed by atoms with E-state index in [1.165, 1.54) is 0 Å². The van der Waals surface area contributed by atoms with Crippen LogP contribution < -0.4 is 25.0 Å². The number of likely N-dealkylation sites (N-methyl/N-ethyl adjacent to an activating group) is 1. The number of carbonyl (C=O) groups is 2. The molecule has 1 atom stereocenters. The fraction of sp³-hybridized carbons (Fsp3) is 0.417. The Morgan fingerprint density at radius 1 is 0.839 bits per heavy atom. The van der Waals surface area contributed by atoms with E-state index >= 15 is 0 Å². The van der Waals surface area contributed by atoms with Gasteiger partial charge in [-0.1, -0.05) is 17.7 Å². The highest BCUT2D eigenvalue weighted by molar-refractivity contribution is 5.94. The van der Waals surface area contributed by atoms with Gasteiger partial charge in [0.1, 0.15) is 0 Å². The second-order valence-corrected chi connectivity index (χ2v) is 7.71. The molecule has 2 aromatic rings. The zero-order valence-electron chi connectivity index (χ0n) is 19.3. The lowest BCUT2D eigenvalue weighted by atomic mass is 10.1. The summed E-state index contributed by atoms with van der Waals surface area (Å²) < 4.78 is 11.1. The molecule has 0 heterocycles. The first-order valence-electron chi connectivity index (χ1n) is 10.6. The number of benzene rings is 2. The molecular weight excluding hydrogens is 394 g/mol. The molecule has 0 spiro atoms. The van der Waals surface area contributed by atoms with Crippen molar-refractivity contribution in [3.63, 3.8) is 0 Å². The molecule has 0 aliphatic rings. The van der Waals surface area contributed by atoms with E-state index in [2.05, 4.69) is 10.6 Å². The van der Waals surface area contributed by atoms with Gasteiger partial charge in [0.2, 0.25) is 0 Å². The maximum absolute atomic E-state index is 12.5. The first-order valence-corrected chi connectivity index (χ1v) is 10.6. The number of carbonyl (C=O) groups excluding carboxylic acids is 2. The number of aryl methyl sites for hydroxylation is 3. The molecule has 2 aromatic carbocycles. The Bertz CT molecular complexity index is 904. The van der Waals surface area contributed by atoms with Gasteiger partial charge in [-0.25, -0.2) is 0 Å². The zero-order valence-corrected chi connectivity index (χ0v) is 19.3. The third-order valence-corrected chi connectivity index (χ3v) is 4.69. The summed E-state index contributed by atoms with van der Waals surface area (Å²) in [5, 5.41) is 5.84. The van der Waals surface area contributed by atoms with Crippen molar-refractivity contribution in [3.05, 3.63) is 47.0 Å². The summed E-state index contributed by atoms with van der Waals surface area (Å²) in [5.74, 6) is 0.925. The number of hydrogen-bond donors (Lipinski definition) is 3. The van der Waals surface area contributed by atoms with Crippen molar-refractivity contribution in [3.8, 4) is 11.5 Å². The number of nitrogens with one attached hydrogen (secondary N) is 3. The van der Waals surface area contributed by atoms with Gasteiger partial charge in [0, 0.05) is 17.4 Å². The van der Waals surface area contributed by atoms with Crippen LogP contribution in [0.3, 0.4) is 0 Å². The lowest BCUT2D eigenvalue weighted by Gasteiger charge is -2.16. The molecule has 2 rings (SSSR count). The van der Waals surface area contributed by atoms with Crippen LogP contribution in [0.2, 0.25) is 0 Å². The first-order chi connectivity index (χ1) is 14.7. The summed E-state index contributed by atoms with van der Waals surface area (Å²) in [7, 11) is 1.82. The van der Waals surface area contributed by atoms with Crippen molar-refractivity contribution in [2.45, 2.75) is 34.6 Å². The van der Waals surface area contributed by atoms with Gasteiger partial charge < -0.3 is 25.0 Å². The number of rotatable bonds is 10. The quantitative estimate of drug-likeness (QED) is 0.543. The lowest BCUT2D eigenvalue weighted by Crippen LogP contribution is -3.11. The maximum Gasteiger partial charge on any atom is 0.279 e. The minimum Gasteiger partial charge on any atom is -0.490 e. The van der Waals surface area contributed by atoms with Gasteiger partial charge in [-0.2, -0.15) is 0 Å². The summed E-state index contributed by atoms with van der Waals surface area (Å²) in [6.45, 7) is 11.2. The minimum absolute atomic E-state index is 0.125. The van der Waals surface area contributed by atoms with Crippen LogP contribution >= 0.6 is 0 Å². The second-order valence-electron chi connectivity index (χ2n) is 7.71. The first kappa shape index (κ1) is 24.2. The van der Waals surface area contributed by atoms with Crippen molar-refractivity contribution >= 4 is 23.2 Å². The third-order valence-electron chi connectivity index (χ3n) is 4.69. The van der Waals surface area contributed by atoms with E-state index in [9.17, 15) is 9.59 Å². The number of amides is 2. The summed E-state index contributed by atoms with van der Waals surface area (Å²) in [4.78, 5) is 25.7. The fourth-order valence-corrected chi connectivity index (χ4v) is 3.51. The Morgan fingerprint density at radius 3 is 1.97 bits per heavy atom. The summed E-state index contributed by atoms with van der Waals surface area (Å²) in [5.41, 5.74) is 4.68. The van der Waals surface area contributed by atoms with Crippen LogP contribution in [0, 0.1) is 20.8 Å². The topological polar surface area (TPSA) is 81.1 Å². The van der Waals surface area contributed by atoms with Crippen LogP contribution in [-0.2, 0) is 9.59 Å². The van der Waals surface area contributed by atoms with E-state index in [-0.39, 0.29) is 24.9 Å². The van der Waals surface area contributed by atoms with E-state index in [4.69, 9.17) is 9.47 Å².